The average molecular weight is 242 g/mol. The SMILES string of the molecule is CC(C)CN(c1cccc(C#N)c1)C1CCCC1. The van der Waals surface area contributed by atoms with Gasteiger partial charge in [0.05, 0.1) is 11.6 Å². The van der Waals surface area contributed by atoms with Gasteiger partial charge >= 0.3 is 0 Å². The van der Waals surface area contributed by atoms with Crippen LogP contribution in [0.5, 0.6) is 0 Å². The summed E-state index contributed by atoms with van der Waals surface area (Å²) in [4.78, 5) is 2.51. The Hall–Kier alpha value is -1.49. The maximum atomic E-state index is 9.02. The Morgan fingerprint density at radius 1 is 1.33 bits per heavy atom. The van der Waals surface area contributed by atoms with Crippen molar-refractivity contribution in [2.75, 3.05) is 11.4 Å². The van der Waals surface area contributed by atoms with Crippen molar-refractivity contribution < 1.29 is 0 Å². The first kappa shape index (κ1) is 13.0. The molecule has 0 radical (unpaired) electrons. The molecule has 1 aliphatic carbocycles. The van der Waals surface area contributed by atoms with Crippen molar-refractivity contribution in [3.8, 4) is 6.07 Å². The summed E-state index contributed by atoms with van der Waals surface area (Å²) < 4.78 is 0. The maximum absolute atomic E-state index is 9.02. The Morgan fingerprint density at radius 3 is 2.67 bits per heavy atom. The number of benzene rings is 1. The van der Waals surface area contributed by atoms with Crippen LogP contribution in [0.4, 0.5) is 5.69 Å². The Bertz CT molecular complexity index is 425. The topological polar surface area (TPSA) is 27.0 Å². The Morgan fingerprint density at radius 2 is 2.06 bits per heavy atom. The largest absolute Gasteiger partial charge is 0.368 e. The first-order valence-electron chi connectivity index (χ1n) is 6.97. The van der Waals surface area contributed by atoms with Crippen molar-refractivity contribution >= 4 is 5.69 Å². The number of hydrogen-bond acceptors (Lipinski definition) is 2. The number of hydrogen-bond donors (Lipinski definition) is 0. The van der Waals surface area contributed by atoms with Crippen LogP contribution in [-0.2, 0) is 0 Å². The van der Waals surface area contributed by atoms with E-state index in [0.29, 0.717) is 12.0 Å². The summed E-state index contributed by atoms with van der Waals surface area (Å²) in [5.74, 6) is 0.649. The highest BCUT2D eigenvalue weighted by molar-refractivity contribution is 5.52. The molecule has 0 unspecified atom stereocenters. The van der Waals surface area contributed by atoms with Gasteiger partial charge in [-0.3, -0.25) is 0 Å². The van der Waals surface area contributed by atoms with E-state index in [1.54, 1.807) is 0 Å². The lowest BCUT2D eigenvalue weighted by Crippen LogP contribution is -2.36. The quantitative estimate of drug-likeness (QED) is 0.799. The molecule has 0 N–H and O–H groups in total. The van der Waals surface area contributed by atoms with E-state index in [2.05, 4.69) is 30.9 Å². The molecule has 2 nitrogen and oxygen atoms in total. The number of anilines is 1. The van der Waals surface area contributed by atoms with Crippen molar-refractivity contribution in [1.29, 1.82) is 5.26 Å². The molecule has 0 atom stereocenters. The van der Waals surface area contributed by atoms with Crippen molar-refractivity contribution in [3.05, 3.63) is 29.8 Å². The lowest BCUT2D eigenvalue weighted by Gasteiger charge is -2.33. The molecule has 0 spiro atoms. The Labute approximate surface area is 110 Å². The summed E-state index contributed by atoms with van der Waals surface area (Å²) in [6.45, 7) is 5.60. The van der Waals surface area contributed by atoms with Crippen LogP contribution in [0.25, 0.3) is 0 Å². The summed E-state index contributed by atoms with van der Waals surface area (Å²) in [5.41, 5.74) is 1.98. The van der Waals surface area contributed by atoms with E-state index >= 15 is 0 Å². The van der Waals surface area contributed by atoms with Crippen LogP contribution in [0.2, 0.25) is 0 Å². The van der Waals surface area contributed by atoms with E-state index in [4.69, 9.17) is 5.26 Å². The molecule has 0 heterocycles. The van der Waals surface area contributed by atoms with Crippen LogP contribution in [0, 0.1) is 17.2 Å². The lowest BCUT2D eigenvalue weighted by molar-refractivity contribution is 0.536. The van der Waals surface area contributed by atoms with Gasteiger partial charge in [0.15, 0.2) is 0 Å². The van der Waals surface area contributed by atoms with Gasteiger partial charge in [-0.05, 0) is 37.0 Å². The van der Waals surface area contributed by atoms with Gasteiger partial charge in [-0.15, -0.1) is 0 Å². The number of rotatable bonds is 4. The van der Waals surface area contributed by atoms with Gasteiger partial charge in [-0.25, -0.2) is 0 Å². The van der Waals surface area contributed by atoms with Crippen molar-refractivity contribution in [3.63, 3.8) is 0 Å². The van der Waals surface area contributed by atoms with Crippen LogP contribution < -0.4 is 4.90 Å². The smallest absolute Gasteiger partial charge is 0.0992 e. The fourth-order valence-corrected chi connectivity index (χ4v) is 2.83. The highest BCUT2D eigenvalue weighted by atomic mass is 15.2. The normalized spacial score (nSPS) is 15.9. The summed E-state index contributed by atoms with van der Waals surface area (Å²) in [6, 6.07) is 11.0. The average Bonchev–Trinajstić information content (AvgIpc) is 2.89. The fourth-order valence-electron chi connectivity index (χ4n) is 2.83. The minimum absolute atomic E-state index is 0.649. The molecule has 1 aromatic carbocycles. The second-order valence-electron chi connectivity index (χ2n) is 5.65. The second-order valence-corrected chi connectivity index (χ2v) is 5.65. The van der Waals surface area contributed by atoms with Gasteiger partial charge < -0.3 is 4.90 Å². The summed E-state index contributed by atoms with van der Waals surface area (Å²) >= 11 is 0. The van der Waals surface area contributed by atoms with E-state index in [1.165, 1.54) is 31.4 Å². The third-order valence-electron chi connectivity index (χ3n) is 3.63. The Kier molecular flexibility index (Phi) is 4.25. The predicted octanol–water partition coefficient (Wildman–Crippen LogP) is 3.96. The zero-order valence-electron chi connectivity index (χ0n) is 11.4. The monoisotopic (exact) mass is 242 g/mol. The molecule has 1 fully saturated rings. The molecule has 0 aromatic heterocycles. The Balaban J connectivity index is 2.23. The fraction of sp³-hybridized carbons (Fsp3) is 0.562. The summed E-state index contributed by atoms with van der Waals surface area (Å²) in [5, 5.41) is 9.02. The van der Waals surface area contributed by atoms with E-state index in [1.807, 2.05) is 18.2 Å². The van der Waals surface area contributed by atoms with Crippen molar-refractivity contribution in [2.24, 2.45) is 5.92 Å². The molecule has 2 rings (SSSR count). The minimum Gasteiger partial charge on any atom is -0.368 e. The van der Waals surface area contributed by atoms with Gasteiger partial charge in [0.25, 0.3) is 0 Å². The maximum Gasteiger partial charge on any atom is 0.0992 e. The molecular formula is C16H22N2. The molecule has 0 saturated heterocycles. The lowest BCUT2D eigenvalue weighted by atomic mass is 10.1. The molecule has 1 aliphatic rings. The molecular weight excluding hydrogens is 220 g/mol. The number of nitrogens with zero attached hydrogens (tertiary/aromatic N) is 2. The van der Waals surface area contributed by atoms with E-state index in [0.717, 1.165) is 12.1 Å². The molecule has 0 amide bonds. The van der Waals surface area contributed by atoms with Gasteiger partial charge in [-0.2, -0.15) is 5.26 Å². The van der Waals surface area contributed by atoms with Crippen LogP contribution in [0.1, 0.15) is 45.1 Å². The van der Waals surface area contributed by atoms with Crippen LogP contribution in [0.15, 0.2) is 24.3 Å². The molecule has 2 heteroatoms. The van der Waals surface area contributed by atoms with Crippen molar-refractivity contribution in [2.45, 2.75) is 45.6 Å². The third-order valence-corrected chi connectivity index (χ3v) is 3.63. The second kappa shape index (κ2) is 5.91. The van der Waals surface area contributed by atoms with Crippen LogP contribution >= 0.6 is 0 Å². The molecule has 18 heavy (non-hydrogen) atoms. The minimum atomic E-state index is 0.649. The highest BCUT2D eigenvalue weighted by Gasteiger charge is 2.23. The number of nitriles is 1. The van der Waals surface area contributed by atoms with Crippen LogP contribution in [-0.4, -0.2) is 12.6 Å². The van der Waals surface area contributed by atoms with Gasteiger partial charge in [0, 0.05) is 18.3 Å². The molecule has 1 aromatic rings. The summed E-state index contributed by atoms with van der Waals surface area (Å²) in [6.07, 6.45) is 5.28. The standard InChI is InChI=1S/C16H22N2/c1-13(2)12-18(15-7-3-4-8-15)16-9-5-6-14(10-16)11-17/h5-6,9-10,13,15H,3-4,7-8,12H2,1-2H3. The van der Waals surface area contributed by atoms with E-state index in [-0.39, 0.29) is 0 Å². The van der Waals surface area contributed by atoms with E-state index in [9.17, 15) is 0 Å². The van der Waals surface area contributed by atoms with Gasteiger partial charge in [-0.1, -0.05) is 32.8 Å². The third kappa shape index (κ3) is 3.04. The molecule has 0 bridgehead atoms. The zero-order chi connectivity index (χ0) is 13.0. The molecule has 96 valence electrons. The summed E-state index contributed by atoms with van der Waals surface area (Å²) in [7, 11) is 0. The zero-order valence-corrected chi connectivity index (χ0v) is 11.4. The predicted molar refractivity (Wildman–Crippen MR) is 75.6 cm³/mol. The van der Waals surface area contributed by atoms with E-state index < -0.39 is 0 Å². The van der Waals surface area contributed by atoms with Crippen molar-refractivity contribution in [1.82, 2.24) is 0 Å². The van der Waals surface area contributed by atoms with Gasteiger partial charge in [0.2, 0.25) is 0 Å². The first-order chi connectivity index (χ1) is 8.70. The highest BCUT2D eigenvalue weighted by Crippen LogP contribution is 2.29. The van der Waals surface area contributed by atoms with Crippen LogP contribution in [0.3, 0.4) is 0 Å². The molecule has 0 aliphatic heterocycles. The molecule has 1 saturated carbocycles. The first-order valence-corrected chi connectivity index (χ1v) is 6.97. The van der Waals surface area contributed by atoms with Gasteiger partial charge in [0.1, 0.15) is 0 Å².